The monoisotopic (exact) mass is 393 g/mol. The van der Waals surface area contributed by atoms with E-state index in [1.807, 2.05) is 12.1 Å². The molecule has 0 amide bonds. The van der Waals surface area contributed by atoms with Crippen molar-refractivity contribution in [1.82, 2.24) is 14.8 Å². The molecule has 152 valence electrons. The minimum Gasteiger partial charge on any atom is -0.379 e. The van der Waals surface area contributed by atoms with Gasteiger partial charge in [0.2, 0.25) is 0 Å². The van der Waals surface area contributed by atoms with E-state index in [0.717, 1.165) is 57.4 Å². The lowest BCUT2D eigenvalue weighted by molar-refractivity contribution is -0.137. The zero-order valence-corrected chi connectivity index (χ0v) is 15.9. The van der Waals surface area contributed by atoms with Crippen LogP contribution in [0, 0.1) is 0 Å². The summed E-state index contributed by atoms with van der Waals surface area (Å²) in [5.74, 6) is 0. The van der Waals surface area contributed by atoms with Crippen molar-refractivity contribution >= 4 is 0 Å². The van der Waals surface area contributed by atoms with Crippen molar-refractivity contribution in [3.05, 3.63) is 65.5 Å². The van der Waals surface area contributed by atoms with Crippen LogP contribution in [0.3, 0.4) is 0 Å². The number of aromatic nitrogens is 1. The van der Waals surface area contributed by atoms with Gasteiger partial charge in [0.1, 0.15) is 0 Å². The van der Waals surface area contributed by atoms with Gasteiger partial charge in [-0.15, -0.1) is 0 Å². The molecule has 28 heavy (non-hydrogen) atoms. The van der Waals surface area contributed by atoms with Crippen molar-refractivity contribution in [3.8, 4) is 0 Å². The normalized spacial score (nSPS) is 15.9. The summed E-state index contributed by atoms with van der Waals surface area (Å²) in [7, 11) is 0. The Balaban J connectivity index is 1.63. The summed E-state index contributed by atoms with van der Waals surface area (Å²) in [6.45, 7) is 6.37. The second-order valence-electron chi connectivity index (χ2n) is 7.07. The van der Waals surface area contributed by atoms with Crippen LogP contribution < -0.4 is 0 Å². The average Bonchev–Trinajstić information content (AvgIpc) is 2.69. The first-order valence-corrected chi connectivity index (χ1v) is 9.58. The Morgan fingerprint density at radius 1 is 1.00 bits per heavy atom. The van der Waals surface area contributed by atoms with Crippen LogP contribution in [-0.4, -0.2) is 54.2 Å². The number of halogens is 3. The molecule has 0 atom stereocenters. The molecule has 1 saturated heterocycles. The minimum absolute atomic E-state index is 0.482. The second kappa shape index (κ2) is 10.0. The molecule has 1 aliphatic rings. The Kier molecular flexibility index (Phi) is 7.42. The van der Waals surface area contributed by atoms with E-state index >= 15 is 0 Å². The van der Waals surface area contributed by atoms with Crippen molar-refractivity contribution < 1.29 is 17.9 Å². The largest absolute Gasteiger partial charge is 0.416 e. The third kappa shape index (κ3) is 6.58. The highest BCUT2D eigenvalue weighted by molar-refractivity contribution is 5.25. The number of ether oxygens (including phenoxy) is 1. The number of hydrogen-bond acceptors (Lipinski definition) is 4. The summed E-state index contributed by atoms with van der Waals surface area (Å²) in [4.78, 5) is 8.61. The number of benzene rings is 1. The van der Waals surface area contributed by atoms with Crippen LogP contribution in [0.4, 0.5) is 13.2 Å². The SMILES string of the molecule is FC(F)(F)c1cccc(CN(CCCN2CCOCC2)Cc2ccncc2)c1. The molecule has 3 rings (SSSR count). The second-order valence-corrected chi connectivity index (χ2v) is 7.07. The number of rotatable bonds is 8. The maximum absolute atomic E-state index is 13.0. The maximum atomic E-state index is 13.0. The van der Waals surface area contributed by atoms with Crippen molar-refractivity contribution in [2.24, 2.45) is 0 Å². The highest BCUT2D eigenvalue weighted by atomic mass is 19.4. The summed E-state index contributed by atoms with van der Waals surface area (Å²) < 4.78 is 44.4. The van der Waals surface area contributed by atoms with E-state index in [4.69, 9.17) is 4.74 Å². The zero-order chi connectivity index (χ0) is 19.8. The molecule has 1 aromatic heterocycles. The Labute approximate surface area is 163 Å². The summed E-state index contributed by atoms with van der Waals surface area (Å²) in [6, 6.07) is 9.51. The van der Waals surface area contributed by atoms with Gasteiger partial charge in [0.05, 0.1) is 18.8 Å². The summed E-state index contributed by atoms with van der Waals surface area (Å²) in [6.07, 6.45) is 0.128. The number of alkyl halides is 3. The molecule has 0 saturated carbocycles. The van der Waals surface area contributed by atoms with Gasteiger partial charge in [-0.25, -0.2) is 0 Å². The number of hydrogen-bond donors (Lipinski definition) is 0. The molecular formula is C21H26F3N3O. The fourth-order valence-corrected chi connectivity index (χ4v) is 3.41. The van der Waals surface area contributed by atoms with Gasteiger partial charge in [0.25, 0.3) is 0 Å². The molecule has 0 spiro atoms. The van der Waals surface area contributed by atoms with Crippen LogP contribution in [0.1, 0.15) is 23.1 Å². The number of nitrogens with zero attached hydrogens (tertiary/aromatic N) is 3. The van der Waals surface area contributed by atoms with E-state index in [0.29, 0.717) is 18.7 Å². The molecule has 1 fully saturated rings. The third-order valence-corrected chi connectivity index (χ3v) is 4.87. The highest BCUT2D eigenvalue weighted by Crippen LogP contribution is 2.29. The fourth-order valence-electron chi connectivity index (χ4n) is 3.41. The number of morpholine rings is 1. The van der Waals surface area contributed by atoms with Crippen LogP contribution in [0.2, 0.25) is 0 Å². The highest BCUT2D eigenvalue weighted by Gasteiger charge is 2.30. The van der Waals surface area contributed by atoms with Gasteiger partial charge in [-0.05, 0) is 42.3 Å². The molecule has 4 nitrogen and oxygen atoms in total. The number of pyridine rings is 1. The van der Waals surface area contributed by atoms with Gasteiger partial charge in [-0.3, -0.25) is 14.8 Å². The molecule has 0 radical (unpaired) electrons. The van der Waals surface area contributed by atoms with Crippen molar-refractivity contribution in [1.29, 1.82) is 0 Å². The van der Waals surface area contributed by atoms with Gasteiger partial charge < -0.3 is 4.74 Å². The Bertz CT molecular complexity index is 718. The Hall–Kier alpha value is -1.96. The van der Waals surface area contributed by atoms with Crippen LogP contribution in [0.25, 0.3) is 0 Å². The molecule has 2 heterocycles. The lowest BCUT2D eigenvalue weighted by Crippen LogP contribution is -2.38. The van der Waals surface area contributed by atoms with E-state index in [9.17, 15) is 13.2 Å². The van der Waals surface area contributed by atoms with E-state index in [1.54, 1.807) is 18.5 Å². The van der Waals surface area contributed by atoms with Gasteiger partial charge in [0.15, 0.2) is 0 Å². The average molecular weight is 393 g/mol. The van der Waals surface area contributed by atoms with Gasteiger partial charge >= 0.3 is 6.18 Å². The lowest BCUT2D eigenvalue weighted by atomic mass is 10.1. The van der Waals surface area contributed by atoms with Crippen LogP contribution in [0.5, 0.6) is 0 Å². The molecule has 2 aromatic rings. The van der Waals surface area contributed by atoms with Crippen molar-refractivity contribution in [2.75, 3.05) is 39.4 Å². The first kappa shape index (κ1) is 20.8. The van der Waals surface area contributed by atoms with Crippen molar-refractivity contribution in [3.63, 3.8) is 0 Å². The molecule has 0 bridgehead atoms. The van der Waals surface area contributed by atoms with E-state index in [2.05, 4.69) is 14.8 Å². The van der Waals surface area contributed by atoms with E-state index in [1.165, 1.54) is 12.1 Å². The van der Waals surface area contributed by atoms with Crippen LogP contribution in [0.15, 0.2) is 48.8 Å². The topological polar surface area (TPSA) is 28.6 Å². The minimum atomic E-state index is -4.32. The van der Waals surface area contributed by atoms with Gasteiger partial charge in [-0.2, -0.15) is 13.2 Å². The molecule has 0 aliphatic carbocycles. The van der Waals surface area contributed by atoms with Gasteiger partial charge in [0, 0.05) is 45.1 Å². The summed E-state index contributed by atoms with van der Waals surface area (Å²) >= 11 is 0. The fraction of sp³-hybridized carbons (Fsp3) is 0.476. The first-order valence-electron chi connectivity index (χ1n) is 9.58. The molecule has 0 N–H and O–H groups in total. The Morgan fingerprint density at radius 2 is 1.71 bits per heavy atom. The quantitative estimate of drug-likeness (QED) is 0.682. The van der Waals surface area contributed by atoms with Crippen LogP contribution in [-0.2, 0) is 24.0 Å². The zero-order valence-electron chi connectivity index (χ0n) is 15.9. The molecule has 7 heteroatoms. The predicted octanol–water partition coefficient (Wildman–Crippen LogP) is 3.82. The smallest absolute Gasteiger partial charge is 0.379 e. The molecule has 0 unspecified atom stereocenters. The molecule has 1 aliphatic heterocycles. The summed E-state index contributed by atoms with van der Waals surface area (Å²) in [5, 5.41) is 0. The molecular weight excluding hydrogens is 367 g/mol. The predicted molar refractivity (Wildman–Crippen MR) is 102 cm³/mol. The van der Waals surface area contributed by atoms with Gasteiger partial charge in [-0.1, -0.05) is 18.2 Å². The maximum Gasteiger partial charge on any atom is 0.416 e. The van der Waals surface area contributed by atoms with E-state index in [-0.39, 0.29) is 0 Å². The Morgan fingerprint density at radius 3 is 2.43 bits per heavy atom. The van der Waals surface area contributed by atoms with Crippen molar-refractivity contribution in [2.45, 2.75) is 25.7 Å². The standard InChI is InChI=1S/C21H26F3N3O/c22-21(23,24)20-4-1-3-19(15-20)17-27(16-18-5-7-25-8-6-18)10-2-9-26-11-13-28-14-12-26/h1,3-8,15H,2,9-14,16-17H2. The first-order chi connectivity index (χ1) is 13.5. The lowest BCUT2D eigenvalue weighted by Gasteiger charge is -2.28. The summed E-state index contributed by atoms with van der Waals surface area (Å²) in [5.41, 5.74) is 1.19. The molecule has 1 aromatic carbocycles. The van der Waals surface area contributed by atoms with E-state index < -0.39 is 11.7 Å². The third-order valence-electron chi connectivity index (χ3n) is 4.87. The van der Waals surface area contributed by atoms with Crippen LogP contribution >= 0.6 is 0 Å².